The molecule has 5 heteroatoms. The Morgan fingerprint density at radius 3 is 2.53 bits per heavy atom. The summed E-state index contributed by atoms with van der Waals surface area (Å²) in [6.45, 7) is 2.07. The summed E-state index contributed by atoms with van der Waals surface area (Å²) in [7, 11) is 0. The van der Waals surface area contributed by atoms with Gasteiger partial charge in [0.05, 0.1) is 18.7 Å². The second-order valence-electron chi connectivity index (χ2n) is 3.17. The van der Waals surface area contributed by atoms with E-state index in [1.165, 1.54) is 0 Å². The molecule has 0 amide bonds. The smallest absolute Gasteiger partial charge is 0.339 e. The first-order chi connectivity index (χ1) is 8.24. The monoisotopic (exact) mass is 237 g/mol. The van der Waals surface area contributed by atoms with Gasteiger partial charge >= 0.3 is 11.9 Å². The van der Waals surface area contributed by atoms with E-state index in [0.29, 0.717) is 12.2 Å². The Balaban J connectivity index is 2.19. The number of carbonyl (C=O) groups is 2. The SMILES string of the molecule is CCOC(=O)CNCOC(=O)c1ccccc1. The Hall–Kier alpha value is -1.88. The molecule has 0 spiro atoms. The molecule has 0 saturated heterocycles. The molecule has 0 atom stereocenters. The maximum absolute atomic E-state index is 11.4. The van der Waals surface area contributed by atoms with Crippen molar-refractivity contribution in [2.45, 2.75) is 6.92 Å². The summed E-state index contributed by atoms with van der Waals surface area (Å²) in [5.74, 6) is -0.801. The highest BCUT2D eigenvalue weighted by Crippen LogP contribution is 1.99. The van der Waals surface area contributed by atoms with Crippen molar-refractivity contribution in [3.63, 3.8) is 0 Å². The van der Waals surface area contributed by atoms with E-state index >= 15 is 0 Å². The molecule has 0 aliphatic heterocycles. The van der Waals surface area contributed by atoms with Gasteiger partial charge in [-0.25, -0.2) is 4.79 Å². The van der Waals surface area contributed by atoms with Gasteiger partial charge in [0.1, 0.15) is 6.73 Å². The van der Waals surface area contributed by atoms with Crippen molar-refractivity contribution in [3.8, 4) is 0 Å². The standard InChI is InChI=1S/C12H15NO4/c1-2-16-11(14)8-13-9-17-12(15)10-6-4-3-5-7-10/h3-7,13H,2,8-9H2,1H3. The number of hydrogen-bond acceptors (Lipinski definition) is 5. The van der Waals surface area contributed by atoms with E-state index < -0.39 is 5.97 Å². The first-order valence-electron chi connectivity index (χ1n) is 5.32. The van der Waals surface area contributed by atoms with E-state index in [-0.39, 0.29) is 19.2 Å². The molecule has 0 radical (unpaired) electrons. The van der Waals surface area contributed by atoms with E-state index in [9.17, 15) is 9.59 Å². The van der Waals surface area contributed by atoms with Crippen LogP contribution in [0.25, 0.3) is 0 Å². The Morgan fingerprint density at radius 1 is 1.18 bits per heavy atom. The molecule has 0 heterocycles. The Kier molecular flexibility index (Phi) is 5.74. The number of carbonyl (C=O) groups excluding carboxylic acids is 2. The number of nitrogens with one attached hydrogen (secondary N) is 1. The van der Waals surface area contributed by atoms with Crippen LogP contribution in [0.5, 0.6) is 0 Å². The highest BCUT2D eigenvalue weighted by molar-refractivity contribution is 5.89. The van der Waals surface area contributed by atoms with E-state index in [0.717, 1.165) is 0 Å². The Bertz CT molecular complexity index is 364. The lowest BCUT2D eigenvalue weighted by Gasteiger charge is -2.06. The number of esters is 2. The van der Waals surface area contributed by atoms with E-state index in [2.05, 4.69) is 5.32 Å². The zero-order valence-electron chi connectivity index (χ0n) is 9.64. The van der Waals surface area contributed by atoms with Gasteiger partial charge in [-0.1, -0.05) is 18.2 Å². The maximum atomic E-state index is 11.4. The molecule has 1 aromatic carbocycles. The quantitative estimate of drug-likeness (QED) is 0.453. The predicted octanol–water partition coefficient (Wildman–Crippen LogP) is 0.954. The van der Waals surface area contributed by atoms with Gasteiger partial charge in [0, 0.05) is 0 Å². The van der Waals surface area contributed by atoms with Crippen molar-refractivity contribution in [1.82, 2.24) is 5.32 Å². The van der Waals surface area contributed by atoms with Crippen molar-refractivity contribution in [2.24, 2.45) is 0 Å². The van der Waals surface area contributed by atoms with Crippen LogP contribution in [0.15, 0.2) is 30.3 Å². The second-order valence-corrected chi connectivity index (χ2v) is 3.17. The number of rotatable bonds is 6. The third-order valence-electron chi connectivity index (χ3n) is 1.89. The molecule has 0 unspecified atom stereocenters. The normalized spacial score (nSPS) is 9.71. The van der Waals surface area contributed by atoms with Gasteiger partial charge in [-0.2, -0.15) is 0 Å². The second kappa shape index (κ2) is 7.40. The van der Waals surface area contributed by atoms with Crippen LogP contribution in [0.2, 0.25) is 0 Å². The zero-order chi connectivity index (χ0) is 12.5. The van der Waals surface area contributed by atoms with Crippen LogP contribution >= 0.6 is 0 Å². The van der Waals surface area contributed by atoms with Gasteiger partial charge in [-0.15, -0.1) is 0 Å². The first-order valence-corrected chi connectivity index (χ1v) is 5.32. The average Bonchev–Trinajstić information content (AvgIpc) is 2.36. The molecule has 0 bridgehead atoms. The molecule has 0 aromatic heterocycles. The molecule has 0 aliphatic rings. The van der Waals surface area contributed by atoms with Gasteiger partial charge in [0.15, 0.2) is 0 Å². The van der Waals surface area contributed by atoms with Crippen LogP contribution in [-0.2, 0) is 14.3 Å². The highest BCUT2D eigenvalue weighted by Gasteiger charge is 2.06. The number of ether oxygens (including phenoxy) is 2. The van der Waals surface area contributed by atoms with Crippen molar-refractivity contribution in [2.75, 3.05) is 19.9 Å². The molecule has 0 aliphatic carbocycles. The third-order valence-corrected chi connectivity index (χ3v) is 1.89. The zero-order valence-corrected chi connectivity index (χ0v) is 9.64. The summed E-state index contributed by atoms with van der Waals surface area (Å²) in [4.78, 5) is 22.4. The molecule has 1 rings (SSSR count). The Morgan fingerprint density at radius 2 is 1.88 bits per heavy atom. The average molecular weight is 237 g/mol. The molecule has 0 saturated carbocycles. The van der Waals surface area contributed by atoms with Gasteiger partial charge < -0.3 is 9.47 Å². The van der Waals surface area contributed by atoms with Gasteiger partial charge in [-0.3, -0.25) is 10.1 Å². The minimum absolute atomic E-state index is 0.0213. The summed E-state index contributed by atoms with van der Waals surface area (Å²) in [5, 5.41) is 2.65. The molecule has 17 heavy (non-hydrogen) atoms. The highest BCUT2D eigenvalue weighted by atomic mass is 16.5. The molecular weight excluding hydrogens is 222 g/mol. The molecule has 0 fully saturated rings. The van der Waals surface area contributed by atoms with Crippen LogP contribution in [-0.4, -0.2) is 31.8 Å². The van der Waals surface area contributed by atoms with Gasteiger partial charge in [0.25, 0.3) is 0 Å². The third kappa shape index (κ3) is 5.12. The van der Waals surface area contributed by atoms with Crippen LogP contribution in [0.3, 0.4) is 0 Å². The lowest BCUT2D eigenvalue weighted by molar-refractivity contribution is -0.142. The Labute approximate surface area is 99.7 Å². The molecule has 1 aromatic rings. The lowest BCUT2D eigenvalue weighted by atomic mass is 10.2. The summed E-state index contributed by atoms with van der Waals surface area (Å²) in [6.07, 6.45) is 0. The molecule has 5 nitrogen and oxygen atoms in total. The van der Waals surface area contributed by atoms with Crippen molar-refractivity contribution in [3.05, 3.63) is 35.9 Å². The maximum Gasteiger partial charge on any atom is 0.339 e. The predicted molar refractivity (Wildman–Crippen MR) is 61.4 cm³/mol. The van der Waals surface area contributed by atoms with Crippen LogP contribution in [0.4, 0.5) is 0 Å². The van der Waals surface area contributed by atoms with Crippen LogP contribution in [0, 0.1) is 0 Å². The summed E-state index contributed by atoms with van der Waals surface area (Å²) in [5.41, 5.74) is 0.477. The number of hydrogen-bond donors (Lipinski definition) is 1. The summed E-state index contributed by atoms with van der Waals surface area (Å²) >= 11 is 0. The van der Waals surface area contributed by atoms with E-state index in [4.69, 9.17) is 9.47 Å². The lowest BCUT2D eigenvalue weighted by Crippen LogP contribution is -2.28. The molecule has 1 N–H and O–H groups in total. The number of benzene rings is 1. The topological polar surface area (TPSA) is 64.6 Å². The fourth-order valence-corrected chi connectivity index (χ4v) is 1.14. The van der Waals surface area contributed by atoms with E-state index in [1.54, 1.807) is 31.2 Å². The minimum Gasteiger partial charge on any atom is -0.465 e. The summed E-state index contributed by atoms with van der Waals surface area (Å²) in [6, 6.07) is 8.64. The molecule has 92 valence electrons. The van der Waals surface area contributed by atoms with Crippen LogP contribution < -0.4 is 5.32 Å². The van der Waals surface area contributed by atoms with Crippen LogP contribution in [0.1, 0.15) is 17.3 Å². The van der Waals surface area contributed by atoms with Crippen molar-refractivity contribution in [1.29, 1.82) is 0 Å². The fourth-order valence-electron chi connectivity index (χ4n) is 1.14. The molecular formula is C12H15NO4. The first kappa shape index (κ1) is 13.2. The fraction of sp³-hybridized carbons (Fsp3) is 0.333. The van der Waals surface area contributed by atoms with E-state index in [1.807, 2.05) is 6.07 Å². The summed E-state index contributed by atoms with van der Waals surface area (Å²) < 4.78 is 9.59. The van der Waals surface area contributed by atoms with Crippen molar-refractivity contribution >= 4 is 11.9 Å². The van der Waals surface area contributed by atoms with Gasteiger partial charge in [0.2, 0.25) is 0 Å². The van der Waals surface area contributed by atoms with Gasteiger partial charge in [-0.05, 0) is 19.1 Å². The van der Waals surface area contributed by atoms with Crippen molar-refractivity contribution < 1.29 is 19.1 Å². The largest absolute Gasteiger partial charge is 0.465 e. The minimum atomic E-state index is -0.429.